The fourth-order valence-electron chi connectivity index (χ4n) is 1.17. The molecular formula is C11H14BrClN2O. The lowest BCUT2D eigenvalue weighted by Crippen LogP contribution is -2.31. The van der Waals surface area contributed by atoms with Gasteiger partial charge in [0, 0.05) is 17.6 Å². The van der Waals surface area contributed by atoms with Gasteiger partial charge in [-0.2, -0.15) is 0 Å². The molecule has 16 heavy (non-hydrogen) atoms. The molecule has 0 unspecified atom stereocenters. The van der Waals surface area contributed by atoms with E-state index in [1.807, 2.05) is 19.0 Å². The van der Waals surface area contributed by atoms with Crippen molar-refractivity contribution in [3.8, 4) is 0 Å². The molecule has 1 rings (SSSR count). The Morgan fingerprint density at radius 2 is 2.19 bits per heavy atom. The predicted molar refractivity (Wildman–Crippen MR) is 70.0 cm³/mol. The zero-order valence-electron chi connectivity index (χ0n) is 9.26. The van der Waals surface area contributed by atoms with Crippen molar-refractivity contribution in [2.75, 3.05) is 27.2 Å². The van der Waals surface area contributed by atoms with E-state index in [1.165, 1.54) is 0 Å². The summed E-state index contributed by atoms with van der Waals surface area (Å²) in [5, 5.41) is 3.37. The summed E-state index contributed by atoms with van der Waals surface area (Å²) in [6.45, 7) is 1.43. The van der Waals surface area contributed by atoms with Crippen molar-refractivity contribution in [2.24, 2.45) is 0 Å². The molecular weight excluding hydrogens is 291 g/mol. The van der Waals surface area contributed by atoms with Crippen molar-refractivity contribution in [3.05, 3.63) is 33.3 Å². The Labute approximate surface area is 109 Å². The third-order valence-corrected chi connectivity index (χ3v) is 3.44. The summed E-state index contributed by atoms with van der Waals surface area (Å²) in [6, 6.07) is 5.23. The Balaban J connectivity index is 2.63. The first-order valence-corrected chi connectivity index (χ1v) is 6.06. The van der Waals surface area contributed by atoms with Gasteiger partial charge < -0.3 is 10.2 Å². The van der Waals surface area contributed by atoms with Crippen LogP contribution in [0.15, 0.2) is 22.7 Å². The minimum Gasteiger partial charge on any atom is -0.351 e. The number of hydrogen-bond acceptors (Lipinski definition) is 2. The largest absolute Gasteiger partial charge is 0.351 e. The van der Waals surface area contributed by atoms with E-state index in [0.717, 1.165) is 6.54 Å². The monoisotopic (exact) mass is 304 g/mol. The van der Waals surface area contributed by atoms with E-state index in [1.54, 1.807) is 18.2 Å². The number of nitrogens with zero attached hydrogens (tertiary/aromatic N) is 1. The van der Waals surface area contributed by atoms with E-state index in [4.69, 9.17) is 11.6 Å². The number of hydrogen-bond donors (Lipinski definition) is 1. The molecule has 3 nitrogen and oxygen atoms in total. The highest BCUT2D eigenvalue weighted by Crippen LogP contribution is 2.25. The second kappa shape index (κ2) is 6.23. The van der Waals surface area contributed by atoms with Crippen LogP contribution >= 0.6 is 27.5 Å². The van der Waals surface area contributed by atoms with Crippen LogP contribution in [0.2, 0.25) is 5.02 Å². The third kappa shape index (κ3) is 3.77. The first-order chi connectivity index (χ1) is 7.52. The molecule has 0 bridgehead atoms. The average Bonchev–Trinajstić information content (AvgIpc) is 2.21. The summed E-state index contributed by atoms with van der Waals surface area (Å²) >= 11 is 9.21. The SMILES string of the molecule is CN(C)CCNC(=O)c1cccc(Cl)c1Br. The first kappa shape index (κ1) is 13.5. The molecule has 1 aromatic rings. The number of amides is 1. The molecule has 0 heterocycles. The number of rotatable bonds is 4. The quantitative estimate of drug-likeness (QED) is 0.926. The van der Waals surface area contributed by atoms with Gasteiger partial charge in [-0.15, -0.1) is 0 Å². The van der Waals surface area contributed by atoms with E-state index in [0.29, 0.717) is 21.6 Å². The highest BCUT2D eigenvalue weighted by atomic mass is 79.9. The maximum atomic E-state index is 11.8. The predicted octanol–water partition coefficient (Wildman–Crippen LogP) is 2.39. The second-order valence-corrected chi connectivity index (χ2v) is 4.86. The van der Waals surface area contributed by atoms with Gasteiger partial charge in [0.2, 0.25) is 0 Å². The van der Waals surface area contributed by atoms with Crippen molar-refractivity contribution < 1.29 is 4.79 Å². The van der Waals surface area contributed by atoms with Gasteiger partial charge in [-0.05, 0) is 42.2 Å². The molecule has 88 valence electrons. The minimum atomic E-state index is -0.115. The maximum Gasteiger partial charge on any atom is 0.252 e. The van der Waals surface area contributed by atoms with Crippen LogP contribution in [0.1, 0.15) is 10.4 Å². The van der Waals surface area contributed by atoms with Crippen LogP contribution in [0.3, 0.4) is 0 Å². The van der Waals surface area contributed by atoms with Crippen LogP contribution in [0.4, 0.5) is 0 Å². The van der Waals surface area contributed by atoms with Crippen LogP contribution in [-0.2, 0) is 0 Å². The Morgan fingerprint density at radius 1 is 1.50 bits per heavy atom. The summed E-state index contributed by atoms with van der Waals surface area (Å²) in [5.41, 5.74) is 0.561. The highest BCUT2D eigenvalue weighted by molar-refractivity contribution is 9.10. The molecule has 0 atom stereocenters. The van der Waals surface area contributed by atoms with Gasteiger partial charge in [-0.3, -0.25) is 4.79 Å². The Bertz CT molecular complexity index is 382. The van der Waals surface area contributed by atoms with E-state index < -0.39 is 0 Å². The van der Waals surface area contributed by atoms with Gasteiger partial charge in [0.15, 0.2) is 0 Å². The number of carbonyl (C=O) groups is 1. The van der Waals surface area contributed by atoms with Gasteiger partial charge in [-0.25, -0.2) is 0 Å². The topological polar surface area (TPSA) is 32.3 Å². The summed E-state index contributed by atoms with van der Waals surface area (Å²) in [5.74, 6) is -0.115. The molecule has 0 aliphatic carbocycles. The molecule has 0 spiro atoms. The van der Waals surface area contributed by atoms with Crippen molar-refractivity contribution >= 4 is 33.4 Å². The second-order valence-electron chi connectivity index (χ2n) is 3.66. The van der Waals surface area contributed by atoms with Crippen molar-refractivity contribution in [1.29, 1.82) is 0 Å². The molecule has 0 aliphatic heterocycles. The van der Waals surface area contributed by atoms with Crippen molar-refractivity contribution in [1.82, 2.24) is 10.2 Å². The van der Waals surface area contributed by atoms with E-state index in [2.05, 4.69) is 21.2 Å². The number of benzene rings is 1. The van der Waals surface area contributed by atoms with Gasteiger partial charge in [-0.1, -0.05) is 17.7 Å². The molecule has 1 N–H and O–H groups in total. The fourth-order valence-corrected chi connectivity index (χ4v) is 1.79. The Hall–Kier alpha value is -0.580. The lowest BCUT2D eigenvalue weighted by Gasteiger charge is -2.11. The van der Waals surface area contributed by atoms with Crippen molar-refractivity contribution in [2.45, 2.75) is 0 Å². The lowest BCUT2D eigenvalue weighted by atomic mass is 10.2. The molecule has 0 aromatic heterocycles. The molecule has 1 amide bonds. The van der Waals surface area contributed by atoms with Crippen LogP contribution in [0.25, 0.3) is 0 Å². The molecule has 0 saturated heterocycles. The van der Waals surface area contributed by atoms with Crippen LogP contribution < -0.4 is 5.32 Å². The average molecular weight is 306 g/mol. The zero-order chi connectivity index (χ0) is 12.1. The first-order valence-electron chi connectivity index (χ1n) is 4.89. The minimum absolute atomic E-state index is 0.115. The Morgan fingerprint density at radius 3 is 2.81 bits per heavy atom. The van der Waals surface area contributed by atoms with Crippen LogP contribution in [0, 0.1) is 0 Å². The summed E-state index contributed by atoms with van der Waals surface area (Å²) in [7, 11) is 3.92. The highest BCUT2D eigenvalue weighted by Gasteiger charge is 2.11. The smallest absolute Gasteiger partial charge is 0.252 e. The molecule has 1 aromatic carbocycles. The van der Waals surface area contributed by atoms with Crippen LogP contribution in [-0.4, -0.2) is 38.0 Å². The lowest BCUT2D eigenvalue weighted by molar-refractivity contribution is 0.0950. The van der Waals surface area contributed by atoms with Gasteiger partial charge in [0.1, 0.15) is 0 Å². The fraction of sp³-hybridized carbons (Fsp3) is 0.364. The van der Waals surface area contributed by atoms with Gasteiger partial charge in [0.25, 0.3) is 5.91 Å². The van der Waals surface area contributed by atoms with E-state index in [-0.39, 0.29) is 5.91 Å². The molecule has 5 heteroatoms. The van der Waals surface area contributed by atoms with Gasteiger partial charge in [0.05, 0.1) is 10.6 Å². The van der Waals surface area contributed by atoms with Gasteiger partial charge >= 0.3 is 0 Å². The van der Waals surface area contributed by atoms with E-state index in [9.17, 15) is 4.79 Å². The summed E-state index contributed by atoms with van der Waals surface area (Å²) in [4.78, 5) is 13.8. The third-order valence-electron chi connectivity index (χ3n) is 2.04. The van der Waals surface area contributed by atoms with Crippen molar-refractivity contribution in [3.63, 3.8) is 0 Å². The molecule has 0 saturated carbocycles. The molecule has 0 aliphatic rings. The number of likely N-dealkylation sites (N-methyl/N-ethyl adjacent to an activating group) is 1. The number of halogens is 2. The van der Waals surface area contributed by atoms with Crippen LogP contribution in [0.5, 0.6) is 0 Å². The standard InChI is InChI=1S/C11H14BrClN2O/c1-15(2)7-6-14-11(16)8-4-3-5-9(13)10(8)12/h3-5H,6-7H2,1-2H3,(H,14,16). The Kier molecular flexibility index (Phi) is 5.25. The summed E-state index contributed by atoms with van der Waals surface area (Å²) < 4.78 is 0.638. The number of carbonyl (C=O) groups excluding carboxylic acids is 1. The van der Waals surface area contributed by atoms with E-state index >= 15 is 0 Å². The normalized spacial score (nSPS) is 10.6. The maximum absolute atomic E-state index is 11.8. The molecule has 0 fully saturated rings. The summed E-state index contributed by atoms with van der Waals surface area (Å²) in [6.07, 6.45) is 0. The number of nitrogens with one attached hydrogen (secondary N) is 1. The molecule has 0 radical (unpaired) electrons. The zero-order valence-corrected chi connectivity index (χ0v) is 11.6.